The summed E-state index contributed by atoms with van der Waals surface area (Å²) in [6, 6.07) is 4.69. The Bertz CT molecular complexity index is 678. The van der Waals surface area contributed by atoms with Gasteiger partial charge in [-0.15, -0.1) is 0 Å². The third-order valence-corrected chi connectivity index (χ3v) is 4.27. The first-order valence-electron chi connectivity index (χ1n) is 7.78. The summed E-state index contributed by atoms with van der Waals surface area (Å²) in [6.45, 7) is 6.74. The summed E-state index contributed by atoms with van der Waals surface area (Å²) in [5.74, 6) is 1.16. The van der Waals surface area contributed by atoms with Crippen LogP contribution in [0, 0.1) is 12.7 Å². The van der Waals surface area contributed by atoms with Gasteiger partial charge in [-0.1, -0.05) is 0 Å². The van der Waals surface area contributed by atoms with Crippen molar-refractivity contribution in [1.82, 2.24) is 14.8 Å². The smallest absolute Gasteiger partial charge is 0.229 e. The molecule has 0 unspecified atom stereocenters. The van der Waals surface area contributed by atoms with Crippen LogP contribution in [0.4, 0.5) is 4.39 Å². The Morgan fingerprint density at radius 2 is 2.00 bits per heavy atom. The Kier molecular flexibility index (Phi) is 4.63. The lowest BCUT2D eigenvalue weighted by molar-refractivity contribution is 0.146. The molecular weight excluding hydrogens is 297 g/mol. The van der Waals surface area contributed by atoms with Crippen LogP contribution in [0.1, 0.15) is 11.5 Å². The maximum atomic E-state index is 14.2. The molecule has 1 fully saturated rings. The predicted octanol–water partition coefficient (Wildman–Crippen LogP) is 2.55. The van der Waals surface area contributed by atoms with E-state index in [0.717, 1.165) is 44.2 Å². The molecule has 23 heavy (non-hydrogen) atoms. The second-order valence-electron chi connectivity index (χ2n) is 5.95. The molecule has 0 radical (unpaired) electrons. The van der Waals surface area contributed by atoms with Gasteiger partial charge in [0.1, 0.15) is 17.3 Å². The normalized spacial score (nSPS) is 16.7. The molecule has 0 spiro atoms. The molecule has 0 amide bonds. The minimum Gasteiger partial charge on any atom is -0.497 e. The van der Waals surface area contributed by atoms with E-state index in [9.17, 15) is 4.39 Å². The van der Waals surface area contributed by atoms with Crippen LogP contribution < -0.4 is 4.74 Å². The Morgan fingerprint density at radius 1 is 1.26 bits per heavy atom. The molecule has 0 atom stereocenters. The molecule has 2 aromatic rings. The van der Waals surface area contributed by atoms with Gasteiger partial charge in [0.05, 0.1) is 18.4 Å². The molecule has 0 aliphatic carbocycles. The van der Waals surface area contributed by atoms with E-state index >= 15 is 0 Å². The topological polar surface area (TPSA) is 41.7 Å². The number of piperazine rings is 1. The Morgan fingerprint density at radius 3 is 2.65 bits per heavy atom. The number of hydrogen-bond acceptors (Lipinski definition) is 5. The van der Waals surface area contributed by atoms with Gasteiger partial charge in [0.25, 0.3) is 0 Å². The lowest BCUT2D eigenvalue weighted by atomic mass is 10.2. The van der Waals surface area contributed by atoms with Crippen LogP contribution in [0.2, 0.25) is 0 Å². The van der Waals surface area contributed by atoms with Gasteiger partial charge in [0, 0.05) is 38.8 Å². The molecule has 124 valence electrons. The maximum absolute atomic E-state index is 14.2. The van der Waals surface area contributed by atoms with Crippen molar-refractivity contribution in [3.05, 3.63) is 35.5 Å². The molecule has 1 saturated heterocycles. The summed E-state index contributed by atoms with van der Waals surface area (Å²) < 4.78 is 24.9. The second kappa shape index (κ2) is 6.68. The van der Waals surface area contributed by atoms with Crippen molar-refractivity contribution in [2.45, 2.75) is 13.5 Å². The minimum absolute atomic E-state index is 0.326. The summed E-state index contributed by atoms with van der Waals surface area (Å²) in [6.07, 6.45) is 0. The first-order chi connectivity index (χ1) is 11.1. The third-order valence-electron chi connectivity index (χ3n) is 4.27. The van der Waals surface area contributed by atoms with E-state index in [1.54, 1.807) is 12.1 Å². The fraction of sp³-hybridized carbons (Fsp3) is 0.471. The molecule has 3 rings (SSSR count). The zero-order chi connectivity index (χ0) is 16.4. The van der Waals surface area contributed by atoms with Crippen LogP contribution in [-0.2, 0) is 6.54 Å². The van der Waals surface area contributed by atoms with Gasteiger partial charge in [-0.25, -0.2) is 9.37 Å². The van der Waals surface area contributed by atoms with E-state index in [0.29, 0.717) is 17.2 Å². The number of likely N-dealkylation sites (N-methyl/N-ethyl adjacent to an activating group) is 1. The highest BCUT2D eigenvalue weighted by Crippen LogP contribution is 2.27. The number of rotatable bonds is 4. The number of aromatic nitrogens is 1. The fourth-order valence-electron chi connectivity index (χ4n) is 2.70. The number of halogens is 1. The van der Waals surface area contributed by atoms with E-state index in [-0.39, 0.29) is 0 Å². The molecule has 0 saturated carbocycles. The van der Waals surface area contributed by atoms with Crippen molar-refractivity contribution in [2.24, 2.45) is 0 Å². The van der Waals surface area contributed by atoms with Crippen molar-refractivity contribution in [3.63, 3.8) is 0 Å². The van der Waals surface area contributed by atoms with E-state index < -0.39 is 5.82 Å². The fourth-order valence-corrected chi connectivity index (χ4v) is 2.70. The SMILES string of the molecule is COc1ccc(-c2nc(CN3CCN(C)CC3)c(C)o2)c(F)c1. The predicted molar refractivity (Wildman–Crippen MR) is 86.0 cm³/mol. The van der Waals surface area contributed by atoms with Gasteiger partial charge < -0.3 is 14.1 Å². The van der Waals surface area contributed by atoms with Crippen LogP contribution in [0.25, 0.3) is 11.5 Å². The minimum atomic E-state index is -0.392. The van der Waals surface area contributed by atoms with Gasteiger partial charge in [0.15, 0.2) is 0 Å². The van der Waals surface area contributed by atoms with Crippen molar-refractivity contribution >= 4 is 0 Å². The van der Waals surface area contributed by atoms with Crippen LogP contribution in [0.5, 0.6) is 5.75 Å². The zero-order valence-electron chi connectivity index (χ0n) is 13.8. The van der Waals surface area contributed by atoms with E-state index in [1.807, 2.05) is 6.92 Å². The number of hydrogen-bond donors (Lipinski definition) is 0. The van der Waals surface area contributed by atoms with E-state index in [2.05, 4.69) is 21.8 Å². The Labute approximate surface area is 135 Å². The Balaban J connectivity index is 1.78. The summed E-state index contributed by atoms with van der Waals surface area (Å²) in [7, 11) is 3.64. The Hall–Kier alpha value is -1.92. The summed E-state index contributed by atoms with van der Waals surface area (Å²) in [4.78, 5) is 9.16. The molecule has 5 nitrogen and oxygen atoms in total. The molecule has 6 heteroatoms. The number of benzene rings is 1. The average Bonchev–Trinajstić information content (AvgIpc) is 2.90. The van der Waals surface area contributed by atoms with Gasteiger partial charge in [-0.05, 0) is 26.1 Å². The molecule has 0 N–H and O–H groups in total. The molecule has 0 bridgehead atoms. The lowest BCUT2D eigenvalue weighted by Crippen LogP contribution is -2.44. The van der Waals surface area contributed by atoms with Gasteiger partial charge in [-0.2, -0.15) is 0 Å². The van der Waals surface area contributed by atoms with Gasteiger partial charge in [0.2, 0.25) is 5.89 Å². The second-order valence-corrected chi connectivity index (χ2v) is 5.95. The summed E-state index contributed by atoms with van der Waals surface area (Å²) in [5.41, 5.74) is 1.23. The van der Waals surface area contributed by atoms with Crippen LogP contribution in [0.3, 0.4) is 0 Å². The van der Waals surface area contributed by atoms with Crippen LogP contribution in [0.15, 0.2) is 22.6 Å². The highest BCUT2D eigenvalue weighted by molar-refractivity contribution is 5.56. The van der Waals surface area contributed by atoms with Crippen molar-refractivity contribution in [2.75, 3.05) is 40.3 Å². The number of aryl methyl sites for hydroxylation is 1. The number of nitrogens with zero attached hydrogens (tertiary/aromatic N) is 3. The molecule has 1 aliphatic heterocycles. The molecule has 2 heterocycles. The average molecular weight is 319 g/mol. The van der Waals surface area contributed by atoms with E-state index in [4.69, 9.17) is 9.15 Å². The largest absolute Gasteiger partial charge is 0.497 e. The van der Waals surface area contributed by atoms with Crippen LogP contribution in [-0.4, -0.2) is 55.1 Å². The van der Waals surface area contributed by atoms with Gasteiger partial charge in [-0.3, -0.25) is 4.90 Å². The first-order valence-corrected chi connectivity index (χ1v) is 7.78. The molecule has 1 aliphatic rings. The third kappa shape index (κ3) is 3.54. The number of methoxy groups -OCH3 is 1. The maximum Gasteiger partial charge on any atom is 0.229 e. The molecule has 1 aromatic heterocycles. The number of oxazole rings is 1. The highest BCUT2D eigenvalue weighted by Gasteiger charge is 2.19. The standard InChI is InChI=1S/C17H22FN3O2/c1-12-16(11-21-8-6-20(2)7-9-21)19-17(23-12)14-5-4-13(22-3)10-15(14)18/h4-5,10H,6-9,11H2,1-3H3. The summed E-state index contributed by atoms with van der Waals surface area (Å²) in [5, 5.41) is 0. The van der Waals surface area contributed by atoms with E-state index in [1.165, 1.54) is 13.2 Å². The van der Waals surface area contributed by atoms with Crippen molar-refractivity contribution in [1.29, 1.82) is 0 Å². The lowest BCUT2D eigenvalue weighted by Gasteiger charge is -2.31. The first kappa shape index (κ1) is 16.0. The van der Waals surface area contributed by atoms with Gasteiger partial charge >= 0.3 is 0 Å². The molecular formula is C17H22FN3O2. The quantitative estimate of drug-likeness (QED) is 0.866. The van der Waals surface area contributed by atoms with Crippen LogP contribution >= 0.6 is 0 Å². The van der Waals surface area contributed by atoms with Crippen molar-refractivity contribution in [3.8, 4) is 17.2 Å². The number of ether oxygens (including phenoxy) is 1. The zero-order valence-corrected chi connectivity index (χ0v) is 13.8. The highest BCUT2D eigenvalue weighted by atomic mass is 19.1. The van der Waals surface area contributed by atoms with Crippen molar-refractivity contribution < 1.29 is 13.5 Å². The molecule has 1 aromatic carbocycles. The summed E-state index contributed by atoms with van der Waals surface area (Å²) >= 11 is 0. The monoisotopic (exact) mass is 319 g/mol.